The van der Waals surface area contributed by atoms with Crippen LogP contribution in [0.25, 0.3) is 0 Å². The number of sulfonamides is 1. The highest BCUT2D eigenvalue weighted by atomic mass is 35.5. The van der Waals surface area contributed by atoms with E-state index in [9.17, 15) is 18.0 Å². The topological polar surface area (TPSA) is 92.8 Å². The number of rotatable bonds is 8. The van der Waals surface area contributed by atoms with E-state index in [4.69, 9.17) is 16.3 Å². The number of halogens is 1. The molecule has 2 aromatic rings. The summed E-state index contributed by atoms with van der Waals surface area (Å²) in [5.41, 5.74) is 0.00234. The van der Waals surface area contributed by atoms with Crippen molar-refractivity contribution in [2.75, 3.05) is 18.0 Å². The molecule has 0 saturated heterocycles. The molecule has 0 heterocycles. The lowest BCUT2D eigenvalue weighted by atomic mass is 10.2. The second-order valence-electron chi connectivity index (χ2n) is 6.33. The molecule has 0 aromatic heterocycles. The van der Waals surface area contributed by atoms with Gasteiger partial charge >= 0.3 is 5.97 Å². The smallest absolute Gasteiger partial charge is 0.339 e. The van der Waals surface area contributed by atoms with Gasteiger partial charge in [-0.25, -0.2) is 13.2 Å². The molecule has 0 spiro atoms. The van der Waals surface area contributed by atoms with Gasteiger partial charge in [-0.05, 0) is 37.6 Å². The summed E-state index contributed by atoms with van der Waals surface area (Å²) in [7, 11) is -3.15. The number of anilines is 1. The lowest BCUT2D eigenvalue weighted by Gasteiger charge is -2.26. The van der Waals surface area contributed by atoms with Gasteiger partial charge in [0.25, 0.3) is 10.0 Å². The molecule has 0 fully saturated rings. The Labute approximate surface area is 175 Å². The second-order valence-corrected chi connectivity index (χ2v) is 8.57. The molecule has 1 amide bonds. The first-order chi connectivity index (χ1) is 13.7. The molecule has 29 heavy (non-hydrogen) atoms. The normalized spacial score (nSPS) is 12.1. The number of nitrogens with one attached hydrogen (secondary N) is 1. The standard InChI is InChI=1S/C20H23ClN2O5S/c1-4-14(2)22-19(24)13-23(17-11-7-6-10-16(17)21)29(26,27)18-12-8-5-9-15(18)20(25)28-3/h5-12,14H,4,13H2,1-3H3,(H,22,24). The molecule has 7 nitrogen and oxygen atoms in total. The van der Waals surface area contributed by atoms with Crippen LogP contribution in [0.15, 0.2) is 53.4 Å². The number of benzene rings is 2. The van der Waals surface area contributed by atoms with E-state index in [0.717, 1.165) is 11.4 Å². The maximum absolute atomic E-state index is 13.5. The molecule has 0 aliphatic carbocycles. The second kappa shape index (κ2) is 9.76. The molecule has 0 aliphatic rings. The van der Waals surface area contributed by atoms with Gasteiger partial charge in [0.05, 0.1) is 23.4 Å². The Bertz CT molecular complexity index is 994. The Balaban J connectivity index is 2.58. The SMILES string of the molecule is CCC(C)NC(=O)CN(c1ccccc1Cl)S(=O)(=O)c1ccccc1C(=O)OC. The van der Waals surface area contributed by atoms with E-state index in [1.54, 1.807) is 12.1 Å². The van der Waals surface area contributed by atoms with E-state index in [-0.39, 0.29) is 27.2 Å². The molecule has 0 saturated carbocycles. The molecule has 1 unspecified atom stereocenters. The third kappa shape index (κ3) is 5.27. The predicted octanol–water partition coefficient (Wildman–Crippen LogP) is 3.24. The highest BCUT2D eigenvalue weighted by molar-refractivity contribution is 7.93. The van der Waals surface area contributed by atoms with Crippen LogP contribution in [-0.4, -0.2) is 40.0 Å². The fourth-order valence-corrected chi connectivity index (χ4v) is 4.51. The quantitative estimate of drug-likeness (QED) is 0.638. The molecule has 1 atom stereocenters. The molecular weight excluding hydrogens is 416 g/mol. The van der Waals surface area contributed by atoms with Gasteiger partial charge in [-0.2, -0.15) is 0 Å². The number of amides is 1. The van der Waals surface area contributed by atoms with E-state index < -0.39 is 28.4 Å². The summed E-state index contributed by atoms with van der Waals surface area (Å²) in [5.74, 6) is -1.29. The number of carbonyl (C=O) groups is 2. The molecule has 9 heteroatoms. The van der Waals surface area contributed by atoms with Crippen molar-refractivity contribution in [1.29, 1.82) is 0 Å². The van der Waals surface area contributed by atoms with Crippen molar-refractivity contribution in [3.05, 3.63) is 59.1 Å². The van der Waals surface area contributed by atoms with Crippen molar-refractivity contribution in [3.8, 4) is 0 Å². The Morgan fingerprint density at radius 2 is 1.76 bits per heavy atom. The van der Waals surface area contributed by atoms with Crippen LogP contribution in [0.4, 0.5) is 5.69 Å². The van der Waals surface area contributed by atoms with Crippen molar-refractivity contribution >= 4 is 39.2 Å². The van der Waals surface area contributed by atoms with Crippen LogP contribution < -0.4 is 9.62 Å². The van der Waals surface area contributed by atoms with Crippen molar-refractivity contribution in [2.24, 2.45) is 0 Å². The monoisotopic (exact) mass is 438 g/mol. The van der Waals surface area contributed by atoms with Crippen LogP contribution in [0.2, 0.25) is 5.02 Å². The maximum atomic E-state index is 13.5. The number of para-hydroxylation sites is 1. The van der Waals surface area contributed by atoms with Gasteiger partial charge in [0.1, 0.15) is 11.4 Å². The van der Waals surface area contributed by atoms with E-state index in [2.05, 4.69) is 5.32 Å². The fraction of sp³-hybridized carbons (Fsp3) is 0.300. The minimum atomic E-state index is -4.31. The van der Waals surface area contributed by atoms with Gasteiger partial charge in [-0.3, -0.25) is 9.10 Å². The molecule has 2 rings (SSSR count). The van der Waals surface area contributed by atoms with Crippen LogP contribution in [0.3, 0.4) is 0 Å². The van der Waals surface area contributed by atoms with Crippen molar-refractivity contribution in [2.45, 2.75) is 31.2 Å². The minimum Gasteiger partial charge on any atom is -0.465 e. The van der Waals surface area contributed by atoms with Crippen molar-refractivity contribution in [3.63, 3.8) is 0 Å². The van der Waals surface area contributed by atoms with E-state index in [1.807, 2.05) is 13.8 Å². The number of ether oxygens (including phenoxy) is 1. The minimum absolute atomic E-state index is 0.124. The van der Waals surface area contributed by atoms with E-state index >= 15 is 0 Å². The Morgan fingerprint density at radius 3 is 2.38 bits per heavy atom. The number of esters is 1. The zero-order valence-corrected chi connectivity index (χ0v) is 18.0. The Kier molecular flexibility index (Phi) is 7.64. The molecule has 156 valence electrons. The molecule has 0 bridgehead atoms. The average Bonchev–Trinajstić information content (AvgIpc) is 2.71. The molecule has 2 aromatic carbocycles. The molecule has 1 N–H and O–H groups in total. The Hall–Kier alpha value is -2.58. The largest absolute Gasteiger partial charge is 0.465 e. The van der Waals surface area contributed by atoms with Crippen LogP contribution in [0, 0.1) is 0 Å². The third-order valence-electron chi connectivity index (χ3n) is 4.29. The van der Waals surface area contributed by atoms with Crippen LogP contribution >= 0.6 is 11.6 Å². The zero-order chi connectivity index (χ0) is 21.6. The first-order valence-electron chi connectivity index (χ1n) is 8.96. The lowest BCUT2D eigenvalue weighted by Crippen LogP contribution is -2.43. The van der Waals surface area contributed by atoms with Crippen LogP contribution in [0.1, 0.15) is 30.6 Å². The van der Waals surface area contributed by atoms with Gasteiger partial charge in [-0.1, -0.05) is 42.8 Å². The predicted molar refractivity (Wildman–Crippen MR) is 112 cm³/mol. The van der Waals surface area contributed by atoms with Gasteiger partial charge in [-0.15, -0.1) is 0 Å². The van der Waals surface area contributed by atoms with Crippen LogP contribution in [-0.2, 0) is 19.6 Å². The Morgan fingerprint density at radius 1 is 1.14 bits per heavy atom. The summed E-state index contributed by atoms with van der Waals surface area (Å²) in [5, 5.41) is 2.90. The first kappa shape index (κ1) is 22.7. The third-order valence-corrected chi connectivity index (χ3v) is 6.43. The molecular formula is C20H23ClN2O5S. The lowest BCUT2D eigenvalue weighted by molar-refractivity contribution is -0.120. The number of carbonyl (C=O) groups excluding carboxylic acids is 2. The summed E-state index contributed by atoms with van der Waals surface area (Å²) >= 11 is 6.23. The van der Waals surface area contributed by atoms with Gasteiger partial charge in [0.15, 0.2) is 0 Å². The van der Waals surface area contributed by atoms with Gasteiger partial charge in [0, 0.05) is 6.04 Å². The number of nitrogens with zero attached hydrogens (tertiary/aromatic N) is 1. The van der Waals surface area contributed by atoms with Crippen molar-refractivity contribution in [1.82, 2.24) is 5.32 Å². The van der Waals surface area contributed by atoms with Gasteiger partial charge in [0.2, 0.25) is 5.91 Å². The first-order valence-corrected chi connectivity index (χ1v) is 10.8. The maximum Gasteiger partial charge on any atom is 0.339 e. The number of hydrogen-bond donors (Lipinski definition) is 1. The van der Waals surface area contributed by atoms with Crippen molar-refractivity contribution < 1.29 is 22.7 Å². The van der Waals surface area contributed by atoms with Crippen LogP contribution in [0.5, 0.6) is 0 Å². The highest BCUT2D eigenvalue weighted by Gasteiger charge is 2.32. The summed E-state index contributed by atoms with van der Waals surface area (Å²) in [4.78, 5) is 24.3. The zero-order valence-electron chi connectivity index (χ0n) is 16.4. The summed E-state index contributed by atoms with van der Waals surface area (Å²) < 4.78 is 32.6. The molecule has 0 radical (unpaired) electrons. The fourth-order valence-electron chi connectivity index (χ4n) is 2.60. The summed E-state index contributed by atoms with van der Waals surface area (Å²) in [6, 6.07) is 11.8. The number of hydrogen-bond acceptors (Lipinski definition) is 5. The summed E-state index contributed by atoms with van der Waals surface area (Å²) in [6.07, 6.45) is 0.690. The highest BCUT2D eigenvalue weighted by Crippen LogP contribution is 2.31. The van der Waals surface area contributed by atoms with Gasteiger partial charge < -0.3 is 10.1 Å². The van der Waals surface area contributed by atoms with E-state index in [0.29, 0.717) is 6.42 Å². The number of methoxy groups -OCH3 is 1. The molecule has 0 aliphatic heterocycles. The van der Waals surface area contributed by atoms with E-state index in [1.165, 1.54) is 36.4 Å². The summed E-state index contributed by atoms with van der Waals surface area (Å²) in [6.45, 7) is 3.23. The average molecular weight is 439 g/mol.